The fourth-order valence-electron chi connectivity index (χ4n) is 1.81. The lowest BCUT2D eigenvalue weighted by Gasteiger charge is -2.11. The molecule has 0 bridgehead atoms. The lowest BCUT2D eigenvalue weighted by atomic mass is 10.2. The van der Waals surface area contributed by atoms with Crippen LogP contribution < -0.4 is 4.72 Å². The van der Waals surface area contributed by atoms with Gasteiger partial charge in [0.05, 0.1) is 0 Å². The first-order valence-electron chi connectivity index (χ1n) is 6.21. The topological polar surface area (TPSA) is 46.2 Å². The van der Waals surface area contributed by atoms with Crippen LogP contribution in [0.15, 0.2) is 29.2 Å². The number of hydrogen-bond donors (Lipinski definition) is 1. The molecule has 0 aliphatic carbocycles. The van der Waals surface area contributed by atoms with E-state index >= 15 is 0 Å². The van der Waals surface area contributed by atoms with Gasteiger partial charge in [-0.1, -0.05) is 12.1 Å². The fraction of sp³-hybridized carbons (Fsp3) is 0.143. The van der Waals surface area contributed by atoms with E-state index < -0.39 is 56.1 Å². The van der Waals surface area contributed by atoms with Gasteiger partial charge in [0.25, 0.3) is 0 Å². The molecular formula is C14H10F5NO2S. The number of sulfonamides is 1. The van der Waals surface area contributed by atoms with Crippen molar-refractivity contribution in [1.29, 1.82) is 0 Å². The molecule has 124 valence electrons. The number of halogens is 5. The Labute approximate surface area is 128 Å². The van der Waals surface area contributed by atoms with Gasteiger partial charge < -0.3 is 0 Å². The van der Waals surface area contributed by atoms with E-state index in [0.717, 1.165) is 19.1 Å². The van der Waals surface area contributed by atoms with Crippen molar-refractivity contribution in [3.63, 3.8) is 0 Å². The average molecular weight is 351 g/mol. The van der Waals surface area contributed by atoms with Crippen molar-refractivity contribution in [3.05, 3.63) is 64.5 Å². The van der Waals surface area contributed by atoms with Gasteiger partial charge in [0.15, 0.2) is 28.2 Å². The molecule has 2 aromatic carbocycles. The summed E-state index contributed by atoms with van der Waals surface area (Å²) < 4.78 is 92.8. The largest absolute Gasteiger partial charge is 0.246 e. The Balaban J connectivity index is 2.39. The van der Waals surface area contributed by atoms with Crippen LogP contribution in [0.25, 0.3) is 0 Å². The van der Waals surface area contributed by atoms with Crippen LogP contribution in [0.4, 0.5) is 22.0 Å². The molecule has 0 unspecified atom stereocenters. The second-order valence-corrected chi connectivity index (χ2v) is 6.36. The minimum Gasteiger partial charge on any atom is -0.207 e. The SMILES string of the molecule is Cc1c(F)c(F)c(S(=O)(=O)NCc2ccc(F)cc2)c(F)c1F. The van der Waals surface area contributed by atoms with Gasteiger partial charge in [-0.3, -0.25) is 0 Å². The lowest BCUT2D eigenvalue weighted by Crippen LogP contribution is -2.26. The normalized spacial score (nSPS) is 11.7. The van der Waals surface area contributed by atoms with Crippen LogP contribution in [0, 0.1) is 36.0 Å². The van der Waals surface area contributed by atoms with Crippen molar-refractivity contribution in [2.45, 2.75) is 18.4 Å². The first-order chi connectivity index (χ1) is 10.6. The summed E-state index contributed by atoms with van der Waals surface area (Å²) in [6.45, 7) is 0.331. The van der Waals surface area contributed by atoms with Crippen molar-refractivity contribution in [3.8, 4) is 0 Å². The minimum atomic E-state index is -4.87. The fourth-order valence-corrected chi connectivity index (χ4v) is 2.96. The van der Waals surface area contributed by atoms with E-state index in [0.29, 0.717) is 0 Å². The Hall–Kier alpha value is -2.00. The van der Waals surface area contributed by atoms with Crippen LogP contribution >= 0.6 is 0 Å². The van der Waals surface area contributed by atoms with Gasteiger partial charge >= 0.3 is 0 Å². The zero-order valence-corrected chi connectivity index (χ0v) is 12.4. The maximum Gasteiger partial charge on any atom is 0.246 e. The van der Waals surface area contributed by atoms with Gasteiger partial charge in [-0.15, -0.1) is 0 Å². The average Bonchev–Trinajstić information content (AvgIpc) is 2.50. The maximum absolute atomic E-state index is 13.7. The van der Waals surface area contributed by atoms with Crippen LogP contribution in [-0.4, -0.2) is 8.42 Å². The number of nitrogens with one attached hydrogen (secondary N) is 1. The summed E-state index contributed by atoms with van der Waals surface area (Å²) >= 11 is 0. The van der Waals surface area contributed by atoms with Gasteiger partial charge in [-0.25, -0.2) is 35.1 Å². The van der Waals surface area contributed by atoms with Crippen molar-refractivity contribution in [2.75, 3.05) is 0 Å². The molecule has 0 radical (unpaired) electrons. The standard InChI is InChI=1S/C14H10F5NO2S/c1-7-10(16)12(18)14(13(19)11(7)17)23(21,22)20-6-8-2-4-9(15)5-3-8/h2-5,20H,6H2,1H3. The van der Waals surface area contributed by atoms with Crippen molar-refractivity contribution < 1.29 is 30.4 Å². The van der Waals surface area contributed by atoms with Crippen LogP contribution in [-0.2, 0) is 16.6 Å². The Bertz CT molecular complexity index is 821. The molecular weight excluding hydrogens is 341 g/mol. The molecule has 0 aliphatic rings. The summed E-state index contributed by atoms with van der Waals surface area (Å²) in [4.78, 5) is -1.74. The van der Waals surface area contributed by atoms with Crippen molar-refractivity contribution in [2.24, 2.45) is 0 Å². The summed E-state index contributed by atoms with van der Waals surface area (Å²) in [7, 11) is -4.87. The molecule has 23 heavy (non-hydrogen) atoms. The predicted molar refractivity (Wildman–Crippen MR) is 71.4 cm³/mol. The van der Waals surface area contributed by atoms with Crippen LogP contribution in [0.3, 0.4) is 0 Å². The zero-order valence-electron chi connectivity index (χ0n) is 11.6. The summed E-state index contributed by atoms with van der Waals surface area (Å²) in [5.74, 6) is -8.14. The molecule has 0 amide bonds. The Kier molecular flexibility index (Phi) is 4.71. The van der Waals surface area contributed by atoms with Gasteiger partial charge in [0.1, 0.15) is 5.82 Å². The molecule has 0 aromatic heterocycles. The van der Waals surface area contributed by atoms with E-state index in [2.05, 4.69) is 0 Å². The quantitative estimate of drug-likeness (QED) is 0.679. The molecule has 0 saturated carbocycles. The Morgan fingerprint density at radius 2 is 1.35 bits per heavy atom. The molecule has 2 rings (SSSR count). The van der Waals surface area contributed by atoms with Gasteiger partial charge in [-0.05, 0) is 24.6 Å². The van der Waals surface area contributed by atoms with E-state index in [1.54, 1.807) is 4.72 Å². The second-order valence-electron chi connectivity index (χ2n) is 4.66. The van der Waals surface area contributed by atoms with Gasteiger partial charge in [0.2, 0.25) is 10.0 Å². The molecule has 0 atom stereocenters. The van der Waals surface area contributed by atoms with Crippen LogP contribution in [0.5, 0.6) is 0 Å². The molecule has 0 spiro atoms. The molecule has 0 heterocycles. The molecule has 0 saturated heterocycles. The third kappa shape index (κ3) is 3.35. The van der Waals surface area contributed by atoms with Gasteiger partial charge in [0, 0.05) is 12.1 Å². The first-order valence-corrected chi connectivity index (χ1v) is 7.70. The van der Waals surface area contributed by atoms with Crippen molar-refractivity contribution >= 4 is 10.0 Å². The third-order valence-electron chi connectivity index (χ3n) is 3.09. The second kappa shape index (κ2) is 6.25. The summed E-state index contributed by atoms with van der Waals surface area (Å²) in [5.41, 5.74) is -0.679. The van der Waals surface area contributed by atoms with E-state index in [1.807, 2.05) is 0 Å². The minimum absolute atomic E-state index is 0.281. The molecule has 1 N–H and O–H groups in total. The van der Waals surface area contributed by atoms with Crippen molar-refractivity contribution in [1.82, 2.24) is 4.72 Å². The van der Waals surface area contributed by atoms with E-state index in [4.69, 9.17) is 0 Å². The Morgan fingerprint density at radius 3 is 1.83 bits per heavy atom. The summed E-state index contributed by atoms with van der Waals surface area (Å²) in [6.07, 6.45) is 0. The predicted octanol–water partition coefficient (Wildman–Crippen LogP) is 3.17. The molecule has 0 aliphatic heterocycles. The number of rotatable bonds is 4. The molecule has 9 heteroatoms. The smallest absolute Gasteiger partial charge is 0.207 e. The maximum atomic E-state index is 13.7. The molecule has 0 fully saturated rings. The monoisotopic (exact) mass is 351 g/mol. The van der Waals surface area contributed by atoms with E-state index in [9.17, 15) is 30.4 Å². The van der Waals surface area contributed by atoms with Crippen LogP contribution in [0.2, 0.25) is 0 Å². The van der Waals surface area contributed by atoms with Gasteiger partial charge in [-0.2, -0.15) is 0 Å². The summed E-state index contributed by atoms with van der Waals surface area (Å²) in [5, 5.41) is 0. The van der Waals surface area contributed by atoms with E-state index in [-0.39, 0.29) is 5.56 Å². The highest BCUT2D eigenvalue weighted by Gasteiger charge is 2.31. The lowest BCUT2D eigenvalue weighted by molar-refractivity contribution is 0.411. The zero-order chi connectivity index (χ0) is 17.4. The number of benzene rings is 2. The highest BCUT2D eigenvalue weighted by molar-refractivity contribution is 7.89. The first kappa shape index (κ1) is 17.4. The highest BCUT2D eigenvalue weighted by atomic mass is 32.2. The Morgan fingerprint density at radius 1 is 0.870 bits per heavy atom. The summed E-state index contributed by atoms with van der Waals surface area (Å²) in [6, 6.07) is 4.58. The van der Waals surface area contributed by atoms with Crippen LogP contribution in [0.1, 0.15) is 11.1 Å². The molecule has 2 aromatic rings. The van der Waals surface area contributed by atoms with E-state index in [1.165, 1.54) is 12.1 Å². The third-order valence-corrected chi connectivity index (χ3v) is 4.51. The number of hydrogen-bond acceptors (Lipinski definition) is 2. The highest BCUT2D eigenvalue weighted by Crippen LogP contribution is 2.27. The molecule has 3 nitrogen and oxygen atoms in total.